The summed E-state index contributed by atoms with van der Waals surface area (Å²) in [6.07, 6.45) is 6.49. The Hall–Kier alpha value is -0.730. The van der Waals surface area contributed by atoms with E-state index in [1.54, 1.807) is 0 Å². The number of halogens is 1. The van der Waals surface area contributed by atoms with Crippen LogP contribution in [-0.4, -0.2) is 5.11 Å². The van der Waals surface area contributed by atoms with Crippen molar-refractivity contribution >= 4 is 12.4 Å². The van der Waals surface area contributed by atoms with Gasteiger partial charge in [0.1, 0.15) is 5.75 Å². The van der Waals surface area contributed by atoms with Gasteiger partial charge < -0.3 is 10.8 Å². The predicted molar refractivity (Wildman–Crippen MR) is 78.3 cm³/mol. The van der Waals surface area contributed by atoms with Crippen LogP contribution in [0.2, 0.25) is 0 Å². The minimum absolute atomic E-state index is 0. The third-order valence-corrected chi connectivity index (χ3v) is 4.07. The van der Waals surface area contributed by atoms with Crippen LogP contribution in [0.5, 0.6) is 5.75 Å². The van der Waals surface area contributed by atoms with Crippen molar-refractivity contribution in [3.63, 3.8) is 0 Å². The van der Waals surface area contributed by atoms with E-state index in [1.807, 2.05) is 26.0 Å². The first kappa shape index (κ1) is 15.3. The van der Waals surface area contributed by atoms with Crippen LogP contribution >= 0.6 is 12.4 Å². The summed E-state index contributed by atoms with van der Waals surface area (Å²) >= 11 is 0. The van der Waals surface area contributed by atoms with Gasteiger partial charge in [-0.05, 0) is 61.4 Å². The number of hydrogen-bond acceptors (Lipinski definition) is 2. The SMILES string of the molecule is Cc1cc(O)cc(C)c1[C@@H](N)C1CCCCC1.Cl. The fourth-order valence-corrected chi connectivity index (χ4v) is 3.21. The lowest BCUT2D eigenvalue weighted by Gasteiger charge is -2.29. The van der Waals surface area contributed by atoms with Crippen molar-refractivity contribution in [3.05, 3.63) is 28.8 Å². The Balaban J connectivity index is 0.00000162. The highest BCUT2D eigenvalue weighted by Crippen LogP contribution is 2.36. The molecule has 3 heteroatoms. The highest BCUT2D eigenvalue weighted by atomic mass is 35.5. The molecular weight excluding hydrogens is 246 g/mol. The van der Waals surface area contributed by atoms with Crippen LogP contribution in [0, 0.1) is 19.8 Å². The van der Waals surface area contributed by atoms with E-state index in [4.69, 9.17) is 5.73 Å². The molecule has 1 saturated carbocycles. The van der Waals surface area contributed by atoms with Crippen molar-refractivity contribution in [2.45, 2.75) is 52.0 Å². The van der Waals surface area contributed by atoms with Crippen LogP contribution in [-0.2, 0) is 0 Å². The topological polar surface area (TPSA) is 46.2 Å². The minimum atomic E-state index is 0. The lowest BCUT2D eigenvalue weighted by atomic mass is 9.79. The zero-order valence-electron chi connectivity index (χ0n) is 11.3. The number of nitrogens with two attached hydrogens (primary N) is 1. The summed E-state index contributed by atoms with van der Waals surface area (Å²) in [7, 11) is 0. The normalized spacial score (nSPS) is 18.2. The molecule has 1 aromatic carbocycles. The molecule has 18 heavy (non-hydrogen) atoms. The minimum Gasteiger partial charge on any atom is -0.508 e. The lowest BCUT2D eigenvalue weighted by molar-refractivity contribution is 0.307. The van der Waals surface area contributed by atoms with Crippen LogP contribution in [0.3, 0.4) is 0 Å². The molecule has 0 aliphatic heterocycles. The fraction of sp³-hybridized carbons (Fsp3) is 0.600. The Bertz CT molecular complexity index is 376. The Morgan fingerprint density at radius 2 is 1.61 bits per heavy atom. The van der Waals surface area contributed by atoms with Crippen molar-refractivity contribution < 1.29 is 5.11 Å². The van der Waals surface area contributed by atoms with Crippen LogP contribution in [0.4, 0.5) is 0 Å². The molecule has 1 fully saturated rings. The maximum absolute atomic E-state index is 9.57. The molecule has 1 aliphatic rings. The van der Waals surface area contributed by atoms with E-state index >= 15 is 0 Å². The summed E-state index contributed by atoms with van der Waals surface area (Å²) in [5.41, 5.74) is 9.94. The van der Waals surface area contributed by atoms with Gasteiger partial charge in [0.25, 0.3) is 0 Å². The second-order valence-corrected chi connectivity index (χ2v) is 5.42. The van der Waals surface area contributed by atoms with Gasteiger partial charge in [0.2, 0.25) is 0 Å². The first-order chi connectivity index (χ1) is 8.09. The molecule has 2 rings (SSSR count). The quantitative estimate of drug-likeness (QED) is 0.852. The van der Waals surface area contributed by atoms with Crippen LogP contribution in [0.15, 0.2) is 12.1 Å². The van der Waals surface area contributed by atoms with Crippen molar-refractivity contribution in [1.29, 1.82) is 0 Å². The third-order valence-electron chi connectivity index (χ3n) is 4.07. The number of rotatable bonds is 2. The van der Waals surface area contributed by atoms with E-state index < -0.39 is 0 Å². The smallest absolute Gasteiger partial charge is 0.116 e. The number of aromatic hydroxyl groups is 1. The first-order valence-corrected chi connectivity index (χ1v) is 6.65. The zero-order valence-corrected chi connectivity index (χ0v) is 12.1. The van der Waals surface area contributed by atoms with Gasteiger partial charge in [-0.3, -0.25) is 0 Å². The van der Waals surface area contributed by atoms with E-state index in [1.165, 1.54) is 37.7 Å². The van der Waals surface area contributed by atoms with Gasteiger partial charge in [-0.15, -0.1) is 12.4 Å². The molecule has 3 N–H and O–H groups in total. The molecule has 2 nitrogen and oxygen atoms in total. The number of phenols is 1. The van der Waals surface area contributed by atoms with E-state index in [-0.39, 0.29) is 18.4 Å². The van der Waals surface area contributed by atoms with Gasteiger partial charge in [-0.2, -0.15) is 0 Å². The summed E-state index contributed by atoms with van der Waals surface area (Å²) in [5.74, 6) is 0.963. The van der Waals surface area contributed by atoms with Crippen molar-refractivity contribution in [2.75, 3.05) is 0 Å². The Kier molecular flexibility index (Phi) is 5.48. The van der Waals surface area contributed by atoms with E-state index in [0.29, 0.717) is 11.7 Å². The number of hydrogen-bond donors (Lipinski definition) is 2. The number of phenolic OH excluding ortho intramolecular Hbond substituents is 1. The Morgan fingerprint density at radius 3 is 2.11 bits per heavy atom. The molecule has 102 valence electrons. The fourth-order valence-electron chi connectivity index (χ4n) is 3.21. The van der Waals surface area contributed by atoms with Crippen molar-refractivity contribution in [2.24, 2.45) is 11.7 Å². The van der Waals surface area contributed by atoms with E-state index in [9.17, 15) is 5.11 Å². The summed E-state index contributed by atoms with van der Waals surface area (Å²) in [5, 5.41) is 9.57. The zero-order chi connectivity index (χ0) is 12.4. The standard InChI is InChI=1S/C15H23NO.ClH/c1-10-8-13(17)9-11(2)14(10)15(16)12-6-4-3-5-7-12;/h8-9,12,15,17H,3-7,16H2,1-2H3;1H/t15-;/m0./s1. The van der Waals surface area contributed by atoms with Crippen LogP contribution in [0.1, 0.15) is 54.8 Å². The average Bonchev–Trinajstić information content (AvgIpc) is 2.28. The van der Waals surface area contributed by atoms with Gasteiger partial charge in [0, 0.05) is 6.04 Å². The monoisotopic (exact) mass is 269 g/mol. The predicted octanol–water partition coefficient (Wildman–Crippen LogP) is 4.01. The number of benzene rings is 1. The maximum Gasteiger partial charge on any atom is 0.116 e. The molecule has 1 atom stereocenters. The highest BCUT2D eigenvalue weighted by Gasteiger charge is 2.24. The summed E-state index contributed by atoms with van der Waals surface area (Å²) in [4.78, 5) is 0. The lowest BCUT2D eigenvalue weighted by Crippen LogP contribution is -2.25. The molecule has 0 spiro atoms. The van der Waals surface area contributed by atoms with E-state index in [2.05, 4.69) is 0 Å². The third kappa shape index (κ3) is 3.18. The summed E-state index contributed by atoms with van der Waals surface area (Å²) in [6.45, 7) is 4.09. The molecule has 1 aliphatic carbocycles. The summed E-state index contributed by atoms with van der Waals surface area (Å²) < 4.78 is 0. The Labute approximate surface area is 116 Å². The molecular formula is C15H24ClNO. The Morgan fingerprint density at radius 1 is 1.11 bits per heavy atom. The highest BCUT2D eigenvalue weighted by molar-refractivity contribution is 5.85. The van der Waals surface area contributed by atoms with Crippen LogP contribution in [0.25, 0.3) is 0 Å². The molecule has 0 radical (unpaired) electrons. The molecule has 1 aromatic rings. The summed E-state index contributed by atoms with van der Waals surface area (Å²) in [6, 6.07) is 3.78. The van der Waals surface area contributed by atoms with Gasteiger partial charge in [0.15, 0.2) is 0 Å². The van der Waals surface area contributed by atoms with Gasteiger partial charge in [-0.25, -0.2) is 0 Å². The first-order valence-electron chi connectivity index (χ1n) is 6.65. The molecule has 0 saturated heterocycles. The second kappa shape index (κ2) is 6.44. The second-order valence-electron chi connectivity index (χ2n) is 5.42. The van der Waals surface area contributed by atoms with E-state index in [0.717, 1.165) is 11.1 Å². The molecule has 0 bridgehead atoms. The average molecular weight is 270 g/mol. The van der Waals surface area contributed by atoms with Crippen molar-refractivity contribution in [3.8, 4) is 5.75 Å². The van der Waals surface area contributed by atoms with Crippen LogP contribution < -0.4 is 5.73 Å². The van der Waals surface area contributed by atoms with Gasteiger partial charge in [-0.1, -0.05) is 19.3 Å². The molecule has 0 heterocycles. The van der Waals surface area contributed by atoms with Gasteiger partial charge >= 0.3 is 0 Å². The largest absolute Gasteiger partial charge is 0.508 e. The number of aryl methyl sites for hydroxylation is 2. The van der Waals surface area contributed by atoms with Gasteiger partial charge in [0.05, 0.1) is 0 Å². The molecule has 0 aromatic heterocycles. The molecule has 0 amide bonds. The van der Waals surface area contributed by atoms with Crippen molar-refractivity contribution in [1.82, 2.24) is 0 Å². The molecule has 0 unspecified atom stereocenters. The maximum atomic E-state index is 9.57.